The summed E-state index contributed by atoms with van der Waals surface area (Å²) in [5.41, 5.74) is 4.11. The summed E-state index contributed by atoms with van der Waals surface area (Å²) in [7, 11) is 0. The number of carbonyl (C=O) groups is 4. The van der Waals surface area contributed by atoms with Gasteiger partial charge in [0.25, 0.3) is 0 Å². The number of hydrazone groups is 1. The Bertz CT molecular complexity index is 1170. The SMILES string of the molecule is Cc1ccc(NC(=O)C(=O)NCc2ccc(/C=N/NC(=O)C(=O)Nc3ccccc3)o2)cc1. The molecule has 0 unspecified atom stereocenters. The zero-order chi connectivity index (χ0) is 23.6. The lowest BCUT2D eigenvalue weighted by Crippen LogP contribution is -2.34. The minimum Gasteiger partial charge on any atom is -0.458 e. The molecule has 33 heavy (non-hydrogen) atoms. The largest absolute Gasteiger partial charge is 0.458 e. The number of para-hydroxylation sites is 1. The van der Waals surface area contributed by atoms with Crippen LogP contribution in [-0.2, 0) is 25.7 Å². The van der Waals surface area contributed by atoms with Crippen LogP contribution < -0.4 is 21.4 Å². The molecule has 0 saturated carbocycles. The van der Waals surface area contributed by atoms with Crippen LogP contribution >= 0.6 is 0 Å². The molecule has 0 radical (unpaired) electrons. The highest BCUT2D eigenvalue weighted by molar-refractivity contribution is 6.40. The van der Waals surface area contributed by atoms with Gasteiger partial charge < -0.3 is 20.4 Å². The zero-order valence-electron chi connectivity index (χ0n) is 17.6. The van der Waals surface area contributed by atoms with Crippen molar-refractivity contribution in [3.63, 3.8) is 0 Å². The molecule has 1 aromatic heterocycles. The molecule has 2 aromatic carbocycles. The molecule has 3 aromatic rings. The van der Waals surface area contributed by atoms with E-state index < -0.39 is 23.6 Å². The van der Waals surface area contributed by atoms with Gasteiger partial charge in [0.15, 0.2) is 0 Å². The number of hydrogen-bond acceptors (Lipinski definition) is 6. The van der Waals surface area contributed by atoms with Crippen molar-refractivity contribution < 1.29 is 23.6 Å². The van der Waals surface area contributed by atoms with Crippen molar-refractivity contribution in [2.75, 3.05) is 10.6 Å². The molecule has 0 aliphatic carbocycles. The van der Waals surface area contributed by atoms with Gasteiger partial charge in [0.1, 0.15) is 11.5 Å². The van der Waals surface area contributed by atoms with Crippen molar-refractivity contribution in [3.05, 3.63) is 83.8 Å². The fraction of sp³-hybridized carbons (Fsp3) is 0.0870. The Hall–Kier alpha value is -4.73. The average Bonchev–Trinajstić information content (AvgIpc) is 3.27. The maximum absolute atomic E-state index is 12.0. The standard InChI is InChI=1S/C23H21N5O5/c1-15-7-9-17(10-8-15)27-21(30)20(29)24-13-18-11-12-19(33-18)14-25-28-23(32)22(31)26-16-5-3-2-4-6-16/h2-12,14H,13H2,1H3,(H,24,29)(H,26,31)(H,27,30)(H,28,32)/b25-14+. The molecule has 3 rings (SSSR count). The summed E-state index contributed by atoms with van der Waals surface area (Å²) in [4.78, 5) is 47.5. The first kappa shape index (κ1) is 22.9. The number of amides is 4. The van der Waals surface area contributed by atoms with E-state index in [1.807, 2.05) is 19.1 Å². The van der Waals surface area contributed by atoms with Gasteiger partial charge >= 0.3 is 23.6 Å². The van der Waals surface area contributed by atoms with Gasteiger partial charge in [-0.1, -0.05) is 35.9 Å². The fourth-order valence-corrected chi connectivity index (χ4v) is 2.55. The highest BCUT2D eigenvalue weighted by atomic mass is 16.3. The van der Waals surface area contributed by atoms with E-state index in [0.717, 1.165) is 5.56 Å². The number of nitrogens with one attached hydrogen (secondary N) is 4. The van der Waals surface area contributed by atoms with Crippen LogP contribution in [0.4, 0.5) is 11.4 Å². The molecule has 1 heterocycles. The summed E-state index contributed by atoms with van der Waals surface area (Å²) in [6.45, 7) is 1.89. The molecule has 4 amide bonds. The number of rotatable bonds is 6. The van der Waals surface area contributed by atoms with Crippen LogP contribution in [0, 0.1) is 6.92 Å². The Kier molecular flexibility index (Phi) is 7.68. The first-order chi connectivity index (χ1) is 15.9. The molecule has 10 heteroatoms. The molecule has 0 aliphatic heterocycles. The predicted molar refractivity (Wildman–Crippen MR) is 121 cm³/mol. The number of furan rings is 1. The molecule has 0 spiro atoms. The van der Waals surface area contributed by atoms with E-state index in [1.165, 1.54) is 6.21 Å². The summed E-state index contributed by atoms with van der Waals surface area (Å²) >= 11 is 0. The average molecular weight is 447 g/mol. The summed E-state index contributed by atoms with van der Waals surface area (Å²) < 4.78 is 5.44. The van der Waals surface area contributed by atoms with Crippen LogP contribution in [0.2, 0.25) is 0 Å². The number of hydrogen-bond donors (Lipinski definition) is 4. The summed E-state index contributed by atoms with van der Waals surface area (Å²) in [6, 6.07) is 18.7. The van der Waals surface area contributed by atoms with Gasteiger partial charge in [0.05, 0.1) is 12.8 Å². The molecular weight excluding hydrogens is 426 g/mol. The molecule has 10 nitrogen and oxygen atoms in total. The first-order valence-electron chi connectivity index (χ1n) is 9.85. The van der Waals surface area contributed by atoms with E-state index in [1.54, 1.807) is 54.6 Å². The molecule has 0 atom stereocenters. The van der Waals surface area contributed by atoms with Crippen molar-refractivity contribution in [2.24, 2.45) is 5.10 Å². The zero-order valence-corrected chi connectivity index (χ0v) is 17.6. The topological polar surface area (TPSA) is 142 Å². The monoisotopic (exact) mass is 447 g/mol. The van der Waals surface area contributed by atoms with E-state index >= 15 is 0 Å². The van der Waals surface area contributed by atoms with Crippen LogP contribution in [0.25, 0.3) is 0 Å². The molecule has 0 fully saturated rings. The van der Waals surface area contributed by atoms with Gasteiger partial charge in [-0.15, -0.1) is 0 Å². The summed E-state index contributed by atoms with van der Waals surface area (Å²) in [5.74, 6) is -2.81. The third kappa shape index (κ3) is 7.17. The van der Waals surface area contributed by atoms with E-state index in [4.69, 9.17) is 4.42 Å². The molecule has 0 aliphatic rings. The van der Waals surface area contributed by atoms with Gasteiger partial charge in [-0.25, -0.2) is 5.43 Å². The second-order valence-corrected chi connectivity index (χ2v) is 6.83. The Labute approximate surface area is 189 Å². The van der Waals surface area contributed by atoms with Crippen molar-refractivity contribution >= 4 is 41.2 Å². The van der Waals surface area contributed by atoms with Crippen molar-refractivity contribution in [3.8, 4) is 0 Å². The first-order valence-corrected chi connectivity index (χ1v) is 9.85. The lowest BCUT2D eigenvalue weighted by atomic mass is 10.2. The quantitative estimate of drug-likeness (QED) is 0.260. The number of nitrogens with zero attached hydrogens (tertiary/aromatic N) is 1. The van der Waals surface area contributed by atoms with Crippen LogP contribution in [0.15, 0.2) is 76.2 Å². The van der Waals surface area contributed by atoms with Crippen LogP contribution in [0.1, 0.15) is 17.1 Å². The van der Waals surface area contributed by atoms with Gasteiger partial charge in [0.2, 0.25) is 0 Å². The minimum atomic E-state index is -0.950. The second-order valence-electron chi connectivity index (χ2n) is 6.83. The maximum atomic E-state index is 12.0. The number of anilines is 2. The van der Waals surface area contributed by atoms with Gasteiger partial charge in [-0.3, -0.25) is 19.2 Å². The van der Waals surface area contributed by atoms with Gasteiger partial charge in [-0.05, 0) is 43.3 Å². The van der Waals surface area contributed by atoms with E-state index in [2.05, 4.69) is 26.5 Å². The Morgan fingerprint density at radius 2 is 1.42 bits per heavy atom. The van der Waals surface area contributed by atoms with E-state index in [9.17, 15) is 19.2 Å². The van der Waals surface area contributed by atoms with Gasteiger partial charge in [-0.2, -0.15) is 5.10 Å². The Morgan fingerprint density at radius 1 is 0.788 bits per heavy atom. The highest BCUT2D eigenvalue weighted by Crippen LogP contribution is 2.09. The van der Waals surface area contributed by atoms with Gasteiger partial charge in [0, 0.05) is 11.4 Å². The lowest BCUT2D eigenvalue weighted by molar-refractivity contribution is -0.136. The fourth-order valence-electron chi connectivity index (χ4n) is 2.55. The third-order valence-corrected chi connectivity index (χ3v) is 4.22. The smallest absolute Gasteiger partial charge is 0.329 e. The maximum Gasteiger partial charge on any atom is 0.329 e. The van der Waals surface area contributed by atoms with Crippen LogP contribution in [0.3, 0.4) is 0 Å². The Balaban J connectivity index is 1.42. The molecule has 168 valence electrons. The number of carbonyl (C=O) groups excluding carboxylic acids is 4. The Morgan fingerprint density at radius 3 is 2.12 bits per heavy atom. The molecule has 0 bridgehead atoms. The highest BCUT2D eigenvalue weighted by Gasteiger charge is 2.15. The van der Waals surface area contributed by atoms with Crippen molar-refractivity contribution in [1.29, 1.82) is 0 Å². The number of aryl methyl sites for hydroxylation is 1. The third-order valence-electron chi connectivity index (χ3n) is 4.22. The molecular formula is C23H21N5O5. The normalized spacial score (nSPS) is 10.5. The molecule has 4 N–H and O–H groups in total. The van der Waals surface area contributed by atoms with Crippen molar-refractivity contribution in [1.82, 2.24) is 10.7 Å². The second kappa shape index (κ2) is 11.0. The predicted octanol–water partition coefficient (Wildman–Crippen LogP) is 1.93. The van der Waals surface area contributed by atoms with Crippen molar-refractivity contribution in [2.45, 2.75) is 13.5 Å². The van der Waals surface area contributed by atoms with Crippen LogP contribution in [0.5, 0.6) is 0 Å². The lowest BCUT2D eigenvalue weighted by Gasteiger charge is -2.05. The van der Waals surface area contributed by atoms with E-state index in [0.29, 0.717) is 17.1 Å². The summed E-state index contributed by atoms with van der Waals surface area (Å²) in [5, 5.41) is 11.0. The summed E-state index contributed by atoms with van der Waals surface area (Å²) in [6.07, 6.45) is 1.20. The minimum absolute atomic E-state index is 0.0279. The molecule has 0 saturated heterocycles. The van der Waals surface area contributed by atoms with Crippen LogP contribution in [-0.4, -0.2) is 29.8 Å². The van der Waals surface area contributed by atoms with E-state index in [-0.39, 0.29) is 12.3 Å². The number of benzene rings is 2.